The minimum absolute atomic E-state index is 0.0267. The average Bonchev–Trinajstić information content (AvgIpc) is 2.94. The summed E-state index contributed by atoms with van der Waals surface area (Å²) in [5.74, 6) is 2.00. The van der Waals surface area contributed by atoms with E-state index < -0.39 is 0 Å². The molecule has 110 valence electrons. The van der Waals surface area contributed by atoms with Gasteiger partial charge in [0, 0.05) is 38.7 Å². The number of nitrogens with one attached hydrogen (secondary N) is 1. The molecule has 1 aliphatic carbocycles. The number of hydrogen-bond donors (Lipinski definition) is 1. The molecule has 1 N–H and O–H groups in total. The molecular weight excluding hydrogens is 256 g/mol. The lowest BCUT2D eigenvalue weighted by Crippen LogP contribution is -2.34. The number of anilines is 1. The van der Waals surface area contributed by atoms with Gasteiger partial charge in [-0.2, -0.15) is 5.10 Å². The number of urea groups is 1. The molecule has 0 bridgehead atoms. The largest absolute Gasteiger partial charge is 0.384 e. The maximum atomic E-state index is 12.2. The second-order valence-electron chi connectivity index (χ2n) is 5.83. The maximum absolute atomic E-state index is 12.2. The van der Waals surface area contributed by atoms with Crippen molar-refractivity contribution in [2.45, 2.75) is 25.8 Å². The number of rotatable bonds is 5. The van der Waals surface area contributed by atoms with Crippen LogP contribution in [0.5, 0.6) is 0 Å². The summed E-state index contributed by atoms with van der Waals surface area (Å²) in [4.78, 5) is 14.1. The topological polar surface area (TPSA) is 59.4 Å². The Balaban J connectivity index is 1.54. The third-order valence-corrected chi connectivity index (χ3v) is 4.06. The van der Waals surface area contributed by atoms with E-state index in [9.17, 15) is 4.79 Å². The molecule has 2 heterocycles. The minimum atomic E-state index is -0.0267. The summed E-state index contributed by atoms with van der Waals surface area (Å²) in [6.45, 7) is 3.21. The van der Waals surface area contributed by atoms with Crippen LogP contribution in [0, 0.1) is 11.8 Å². The van der Waals surface area contributed by atoms with Gasteiger partial charge in [-0.25, -0.2) is 9.48 Å². The van der Waals surface area contributed by atoms with Crippen LogP contribution in [0.15, 0.2) is 12.3 Å². The van der Waals surface area contributed by atoms with E-state index in [1.807, 2.05) is 15.6 Å². The predicted molar refractivity (Wildman–Crippen MR) is 75.5 cm³/mol. The van der Waals surface area contributed by atoms with E-state index in [-0.39, 0.29) is 6.03 Å². The highest BCUT2D eigenvalue weighted by molar-refractivity contribution is 5.88. The Bertz CT molecular complexity index is 469. The Morgan fingerprint density at radius 3 is 3.05 bits per heavy atom. The molecule has 2 aliphatic rings. The Morgan fingerprint density at radius 2 is 2.30 bits per heavy atom. The molecule has 0 radical (unpaired) electrons. The van der Waals surface area contributed by atoms with Crippen molar-refractivity contribution in [3.63, 3.8) is 0 Å². The SMILES string of the molecule is COC[C@H]1CCN(C(=O)Nc2ccnn2CC2CC2)C1. The van der Waals surface area contributed by atoms with Crippen LogP contribution >= 0.6 is 0 Å². The number of carbonyl (C=O) groups excluding carboxylic acids is 1. The molecule has 6 heteroatoms. The molecule has 20 heavy (non-hydrogen) atoms. The number of nitrogens with zero attached hydrogens (tertiary/aromatic N) is 3. The van der Waals surface area contributed by atoms with Crippen molar-refractivity contribution in [2.75, 3.05) is 32.1 Å². The molecule has 2 amide bonds. The summed E-state index contributed by atoms with van der Waals surface area (Å²) in [6.07, 6.45) is 5.31. The quantitative estimate of drug-likeness (QED) is 0.893. The van der Waals surface area contributed by atoms with Crippen molar-refractivity contribution in [2.24, 2.45) is 11.8 Å². The zero-order chi connectivity index (χ0) is 13.9. The van der Waals surface area contributed by atoms with Crippen molar-refractivity contribution in [3.8, 4) is 0 Å². The van der Waals surface area contributed by atoms with Gasteiger partial charge in [0.2, 0.25) is 0 Å². The number of methoxy groups -OCH3 is 1. The van der Waals surface area contributed by atoms with Gasteiger partial charge in [-0.3, -0.25) is 5.32 Å². The molecule has 1 saturated heterocycles. The van der Waals surface area contributed by atoms with Gasteiger partial charge in [0.25, 0.3) is 0 Å². The predicted octanol–water partition coefficient (Wildman–Crippen LogP) is 1.79. The average molecular weight is 278 g/mol. The van der Waals surface area contributed by atoms with Crippen molar-refractivity contribution in [3.05, 3.63) is 12.3 Å². The molecule has 1 atom stereocenters. The highest BCUT2D eigenvalue weighted by Crippen LogP contribution is 2.31. The van der Waals surface area contributed by atoms with Crippen LogP contribution < -0.4 is 5.32 Å². The molecule has 0 unspecified atom stereocenters. The Morgan fingerprint density at radius 1 is 1.45 bits per heavy atom. The fourth-order valence-corrected chi connectivity index (χ4v) is 2.71. The summed E-state index contributed by atoms with van der Waals surface area (Å²) in [5, 5.41) is 7.26. The first kappa shape index (κ1) is 13.4. The number of ether oxygens (including phenoxy) is 1. The second kappa shape index (κ2) is 5.83. The zero-order valence-electron chi connectivity index (χ0n) is 11.9. The molecule has 1 aliphatic heterocycles. The number of aromatic nitrogens is 2. The number of likely N-dealkylation sites (tertiary alicyclic amines) is 1. The maximum Gasteiger partial charge on any atom is 0.323 e. The lowest BCUT2D eigenvalue weighted by atomic mass is 10.1. The summed E-state index contributed by atoms with van der Waals surface area (Å²) in [7, 11) is 1.71. The Kier molecular flexibility index (Phi) is 3.91. The van der Waals surface area contributed by atoms with E-state index in [2.05, 4.69) is 10.4 Å². The molecule has 3 rings (SSSR count). The van der Waals surface area contributed by atoms with Gasteiger partial charge in [-0.15, -0.1) is 0 Å². The van der Waals surface area contributed by atoms with Crippen LogP contribution in [-0.4, -0.2) is 47.5 Å². The van der Waals surface area contributed by atoms with Crippen molar-refractivity contribution in [1.29, 1.82) is 0 Å². The third-order valence-electron chi connectivity index (χ3n) is 4.06. The van der Waals surface area contributed by atoms with E-state index >= 15 is 0 Å². The van der Waals surface area contributed by atoms with Gasteiger partial charge >= 0.3 is 6.03 Å². The molecule has 1 saturated carbocycles. The summed E-state index contributed by atoms with van der Waals surface area (Å²) in [5.41, 5.74) is 0. The van der Waals surface area contributed by atoms with E-state index in [1.54, 1.807) is 13.3 Å². The third kappa shape index (κ3) is 3.12. The number of amides is 2. The number of hydrogen-bond acceptors (Lipinski definition) is 3. The van der Waals surface area contributed by atoms with Gasteiger partial charge in [0.1, 0.15) is 5.82 Å². The fourth-order valence-electron chi connectivity index (χ4n) is 2.71. The first-order chi connectivity index (χ1) is 9.76. The van der Waals surface area contributed by atoms with E-state index in [0.717, 1.165) is 44.4 Å². The Labute approximate surface area is 119 Å². The summed E-state index contributed by atoms with van der Waals surface area (Å²) >= 11 is 0. The van der Waals surface area contributed by atoms with E-state index in [1.165, 1.54) is 12.8 Å². The molecule has 6 nitrogen and oxygen atoms in total. The van der Waals surface area contributed by atoms with E-state index in [4.69, 9.17) is 4.74 Å². The smallest absolute Gasteiger partial charge is 0.323 e. The molecule has 2 fully saturated rings. The van der Waals surface area contributed by atoms with Gasteiger partial charge in [0.05, 0.1) is 12.8 Å². The standard InChI is InChI=1S/C14H22N4O2/c1-20-10-12-5-7-17(8-12)14(19)16-13-4-6-15-18(13)9-11-2-3-11/h4,6,11-12H,2-3,5,7-10H2,1H3,(H,16,19)/t12-/m0/s1. The van der Waals surface area contributed by atoms with Crippen LogP contribution in [0.4, 0.5) is 10.6 Å². The summed E-state index contributed by atoms with van der Waals surface area (Å²) < 4.78 is 7.06. The van der Waals surface area contributed by atoms with E-state index in [0.29, 0.717) is 5.92 Å². The van der Waals surface area contributed by atoms with Crippen LogP contribution in [0.1, 0.15) is 19.3 Å². The number of carbonyl (C=O) groups is 1. The van der Waals surface area contributed by atoms with Crippen LogP contribution in [0.25, 0.3) is 0 Å². The molecule has 0 spiro atoms. The second-order valence-corrected chi connectivity index (χ2v) is 5.83. The van der Waals surface area contributed by atoms with Gasteiger partial charge in [0.15, 0.2) is 0 Å². The van der Waals surface area contributed by atoms with Crippen LogP contribution in [0.2, 0.25) is 0 Å². The summed E-state index contributed by atoms with van der Waals surface area (Å²) in [6, 6.07) is 1.84. The van der Waals surface area contributed by atoms with Crippen molar-refractivity contribution < 1.29 is 9.53 Å². The highest BCUT2D eigenvalue weighted by atomic mass is 16.5. The normalized spacial score (nSPS) is 22.2. The molecule has 0 aromatic carbocycles. The Hall–Kier alpha value is -1.56. The minimum Gasteiger partial charge on any atom is -0.384 e. The van der Waals surface area contributed by atoms with Crippen LogP contribution in [-0.2, 0) is 11.3 Å². The van der Waals surface area contributed by atoms with Gasteiger partial charge in [-0.1, -0.05) is 0 Å². The lowest BCUT2D eigenvalue weighted by Gasteiger charge is -2.17. The van der Waals surface area contributed by atoms with Gasteiger partial charge < -0.3 is 9.64 Å². The van der Waals surface area contributed by atoms with Crippen LogP contribution in [0.3, 0.4) is 0 Å². The highest BCUT2D eigenvalue weighted by Gasteiger charge is 2.27. The first-order valence-corrected chi connectivity index (χ1v) is 7.33. The van der Waals surface area contributed by atoms with Crippen molar-refractivity contribution >= 4 is 11.8 Å². The molecule has 1 aromatic heterocycles. The zero-order valence-corrected chi connectivity index (χ0v) is 11.9. The van der Waals surface area contributed by atoms with Gasteiger partial charge in [-0.05, 0) is 25.2 Å². The monoisotopic (exact) mass is 278 g/mol. The lowest BCUT2D eigenvalue weighted by molar-refractivity contribution is 0.154. The van der Waals surface area contributed by atoms with Crippen molar-refractivity contribution in [1.82, 2.24) is 14.7 Å². The molecular formula is C14H22N4O2. The first-order valence-electron chi connectivity index (χ1n) is 7.33. The fraction of sp³-hybridized carbons (Fsp3) is 0.714. The molecule has 1 aromatic rings.